The highest BCUT2D eigenvalue weighted by atomic mass is 79.9. The molecule has 0 amide bonds. The molecule has 7 nitrogen and oxygen atoms in total. The zero-order valence-electron chi connectivity index (χ0n) is 11.2. The Hall–Kier alpha value is -1.34. The second-order valence-electron chi connectivity index (χ2n) is 4.25. The van der Waals surface area contributed by atoms with E-state index in [0.717, 1.165) is 34.8 Å². The van der Waals surface area contributed by atoms with Crippen LogP contribution in [0.15, 0.2) is 26.2 Å². The van der Waals surface area contributed by atoms with Gasteiger partial charge in [0, 0.05) is 9.04 Å². The summed E-state index contributed by atoms with van der Waals surface area (Å²) in [5, 5.41) is 0. The molecule has 0 fully saturated rings. The fourth-order valence-electron chi connectivity index (χ4n) is 1.82. The molecular weight excluding hydrogens is 363 g/mol. The summed E-state index contributed by atoms with van der Waals surface area (Å²) >= 11 is 3.40. The summed E-state index contributed by atoms with van der Waals surface area (Å²) in [6, 6.07) is 3.77. The van der Waals surface area contributed by atoms with E-state index in [0.29, 0.717) is 5.52 Å². The van der Waals surface area contributed by atoms with Gasteiger partial charge in [-0.3, -0.25) is 9.59 Å². The molecule has 0 spiro atoms. The van der Waals surface area contributed by atoms with E-state index in [4.69, 9.17) is 14.4 Å². The van der Waals surface area contributed by atoms with E-state index in [1.54, 1.807) is 6.07 Å². The molecule has 0 bridgehead atoms. The van der Waals surface area contributed by atoms with Gasteiger partial charge in [-0.1, -0.05) is 29.3 Å². The van der Waals surface area contributed by atoms with Crippen LogP contribution in [-0.2, 0) is 11.0 Å². The number of nitrogens with one attached hydrogen (secondary N) is 2. The molecule has 21 heavy (non-hydrogen) atoms. The highest BCUT2D eigenvalue weighted by Gasteiger charge is 2.06. The summed E-state index contributed by atoms with van der Waals surface area (Å²) in [7, 11) is -2.87. The molecule has 9 heteroatoms. The van der Waals surface area contributed by atoms with Crippen LogP contribution in [0.1, 0.15) is 25.3 Å². The molecule has 0 aliphatic heterocycles. The van der Waals surface area contributed by atoms with E-state index in [9.17, 15) is 9.59 Å². The van der Waals surface area contributed by atoms with Crippen molar-refractivity contribution in [2.24, 2.45) is 0 Å². The predicted molar refractivity (Wildman–Crippen MR) is 83.5 cm³/mol. The van der Waals surface area contributed by atoms with Gasteiger partial charge in [0.15, 0.2) is 0 Å². The van der Waals surface area contributed by atoms with Crippen LogP contribution in [-0.4, -0.2) is 19.8 Å². The molecule has 1 heterocycles. The van der Waals surface area contributed by atoms with Gasteiger partial charge < -0.3 is 9.97 Å². The van der Waals surface area contributed by atoms with Gasteiger partial charge in [-0.05, 0) is 30.5 Å². The van der Waals surface area contributed by atoms with Crippen LogP contribution in [0.2, 0.25) is 0 Å². The first-order chi connectivity index (χ1) is 9.85. The molecule has 0 saturated carbocycles. The smallest absolute Gasteiger partial charge is 0.316 e. The summed E-state index contributed by atoms with van der Waals surface area (Å²) < 4.78 is 9.61. The zero-order valence-corrected chi connectivity index (χ0v) is 13.7. The lowest BCUT2D eigenvalue weighted by Gasteiger charge is -2.06. The quantitative estimate of drug-likeness (QED) is 0.480. The van der Waals surface area contributed by atoms with Crippen molar-refractivity contribution in [1.82, 2.24) is 9.97 Å². The number of benzene rings is 1. The molecule has 4 N–H and O–H groups in total. The maximum Gasteiger partial charge on any atom is 0.692 e. The number of aromatic nitrogens is 2. The van der Waals surface area contributed by atoms with Crippen molar-refractivity contribution >= 4 is 35.2 Å². The fraction of sp³-hybridized carbons (Fsp3) is 0.333. The minimum atomic E-state index is -2.87. The first-order valence-corrected chi connectivity index (χ1v) is 8.10. The maximum atomic E-state index is 11.3. The number of aryl methyl sites for hydroxylation is 1. The van der Waals surface area contributed by atoms with Gasteiger partial charge in [-0.2, -0.15) is 0 Å². The third-order valence-corrected chi connectivity index (χ3v) is 3.14. The van der Waals surface area contributed by atoms with Gasteiger partial charge in [-0.25, -0.2) is 0 Å². The van der Waals surface area contributed by atoms with Crippen molar-refractivity contribution in [2.45, 2.75) is 26.2 Å². The van der Waals surface area contributed by atoms with Crippen molar-refractivity contribution in [3.05, 3.63) is 42.9 Å². The van der Waals surface area contributed by atoms with E-state index >= 15 is 0 Å². The summed E-state index contributed by atoms with van der Waals surface area (Å²) in [6.45, 7) is 2.12. The third kappa shape index (κ3) is 5.51. The number of hydrogen-bond donors (Lipinski definition) is 4. The molecule has 2 aromatic rings. The summed E-state index contributed by atoms with van der Waals surface area (Å²) in [5.74, 6) is 0. The Balaban J connectivity index is 0.000000491. The van der Waals surface area contributed by atoms with Crippen molar-refractivity contribution in [3.8, 4) is 0 Å². The largest absolute Gasteiger partial charge is 0.692 e. The van der Waals surface area contributed by atoms with Crippen LogP contribution in [0.3, 0.4) is 0 Å². The van der Waals surface area contributed by atoms with E-state index in [1.165, 1.54) is 0 Å². The molecular formula is C12H15BrN2O5P+. The predicted octanol–water partition coefficient (Wildman–Crippen LogP) is 1.95. The zero-order chi connectivity index (χ0) is 16.0. The number of rotatable bonds is 3. The second kappa shape index (κ2) is 8.19. The first kappa shape index (κ1) is 17.7. The van der Waals surface area contributed by atoms with Crippen molar-refractivity contribution in [1.29, 1.82) is 0 Å². The lowest BCUT2D eigenvalue weighted by Crippen LogP contribution is -2.29. The molecule has 0 saturated heterocycles. The van der Waals surface area contributed by atoms with Crippen LogP contribution in [0.4, 0.5) is 0 Å². The average molecular weight is 378 g/mol. The van der Waals surface area contributed by atoms with Gasteiger partial charge in [0.05, 0.1) is 11.0 Å². The van der Waals surface area contributed by atoms with Gasteiger partial charge in [0.2, 0.25) is 0 Å². The molecule has 0 aliphatic carbocycles. The van der Waals surface area contributed by atoms with Gasteiger partial charge >= 0.3 is 19.4 Å². The maximum absolute atomic E-state index is 11.3. The highest BCUT2D eigenvalue weighted by Crippen LogP contribution is 2.21. The van der Waals surface area contributed by atoms with E-state index in [1.807, 2.05) is 6.07 Å². The normalized spacial score (nSPS) is 10.1. The lowest BCUT2D eigenvalue weighted by atomic mass is 10.1. The molecule has 1 aromatic heterocycles. The Morgan fingerprint density at radius 1 is 1.19 bits per heavy atom. The number of unbranched alkanes of at least 4 members (excludes halogenated alkanes) is 1. The van der Waals surface area contributed by atoms with Crippen LogP contribution >= 0.6 is 24.2 Å². The first-order valence-electron chi connectivity index (χ1n) is 6.15. The Morgan fingerprint density at radius 2 is 1.76 bits per heavy atom. The van der Waals surface area contributed by atoms with Gasteiger partial charge in [0.25, 0.3) is 0 Å². The second-order valence-corrected chi connectivity index (χ2v) is 5.67. The number of aromatic amines is 2. The topological polar surface area (TPSA) is 123 Å². The summed E-state index contributed by atoms with van der Waals surface area (Å²) in [4.78, 5) is 42.1. The highest BCUT2D eigenvalue weighted by molar-refractivity contribution is 9.10. The van der Waals surface area contributed by atoms with Crippen molar-refractivity contribution < 1.29 is 14.4 Å². The van der Waals surface area contributed by atoms with E-state index < -0.39 is 19.4 Å². The minimum Gasteiger partial charge on any atom is -0.316 e. The SMILES string of the molecule is CCCCc1cc(Br)cc2[nH]c(=O)c(=O)[nH]c12.O=[P+](O)O. The minimum absolute atomic E-state index is 0.599. The summed E-state index contributed by atoms with van der Waals surface area (Å²) in [5.41, 5.74) is 1.22. The molecule has 2 rings (SSSR count). The molecule has 0 unspecified atom stereocenters. The Morgan fingerprint density at radius 3 is 2.33 bits per heavy atom. The van der Waals surface area contributed by atoms with E-state index in [2.05, 4.69) is 32.8 Å². The van der Waals surface area contributed by atoms with Crippen LogP contribution in [0.25, 0.3) is 11.0 Å². The fourth-order valence-corrected chi connectivity index (χ4v) is 2.33. The molecule has 1 aromatic carbocycles. The van der Waals surface area contributed by atoms with Gasteiger partial charge in [-0.15, -0.1) is 9.79 Å². The standard InChI is InChI=1S/C12H13BrN2O2.HO3P/c1-2-3-4-7-5-8(13)6-9-10(7)15-12(17)11(16)14-9;1-4(2)3/h5-6H,2-4H2,1H3,(H,14,16)(H,15,17);(H-,1,2,3)/p+1. The third-order valence-electron chi connectivity index (χ3n) is 2.68. The number of fused-ring (bicyclic) bond motifs is 1. The van der Waals surface area contributed by atoms with Crippen molar-refractivity contribution in [2.75, 3.05) is 0 Å². The monoisotopic (exact) mass is 377 g/mol. The number of hydrogen-bond acceptors (Lipinski definition) is 3. The van der Waals surface area contributed by atoms with Crippen LogP contribution in [0.5, 0.6) is 0 Å². The van der Waals surface area contributed by atoms with E-state index in [-0.39, 0.29) is 0 Å². The van der Waals surface area contributed by atoms with Crippen LogP contribution in [0, 0.1) is 0 Å². The van der Waals surface area contributed by atoms with Crippen molar-refractivity contribution in [3.63, 3.8) is 0 Å². The molecule has 114 valence electrons. The average Bonchev–Trinajstić information content (AvgIpc) is 2.37. The number of H-pyrrole nitrogens is 2. The number of halogens is 1. The molecule has 0 aliphatic rings. The Labute approximate surface area is 129 Å². The summed E-state index contributed by atoms with van der Waals surface area (Å²) in [6.07, 6.45) is 3.02. The van der Waals surface area contributed by atoms with Crippen LogP contribution < -0.4 is 11.1 Å². The molecule has 0 atom stereocenters. The van der Waals surface area contributed by atoms with Gasteiger partial charge in [0.1, 0.15) is 0 Å². The lowest BCUT2D eigenvalue weighted by molar-refractivity contribution is 0.405. The molecule has 0 radical (unpaired) electrons. The Bertz CT molecular complexity index is 751. The Kier molecular flexibility index (Phi) is 6.91.